The van der Waals surface area contributed by atoms with Crippen molar-refractivity contribution in [3.63, 3.8) is 0 Å². The van der Waals surface area contributed by atoms with Crippen molar-refractivity contribution >= 4 is 0 Å². The number of ether oxygens (including phenoxy) is 2. The highest BCUT2D eigenvalue weighted by atomic mass is 16.5. The summed E-state index contributed by atoms with van der Waals surface area (Å²) in [4.78, 5) is 0. The molecule has 1 N–H and O–H groups in total. The van der Waals surface area contributed by atoms with Gasteiger partial charge in [-0.2, -0.15) is 0 Å². The molecule has 0 fully saturated rings. The second-order valence-corrected chi connectivity index (χ2v) is 3.16. The summed E-state index contributed by atoms with van der Waals surface area (Å²) in [7, 11) is 0. The van der Waals surface area contributed by atoms with Gasteiger partial charge in [0.05, 0.1) is 32.5 Å². The molecule has 80 valence electrons. The lowest BCUT2D eigenvalue weighted by molar-refractivity contribution is 0.000928. The molecule has 0 radical (unpaired) electrons. The topological polar surface area (TPSA) is 38.7 Å². The maximum atomic E-state index is 8.43. The third kappa shape index (κ3) is 9.80. The van der Waals surface area contributed by atoms with E-state index in [4.69, 9.17) is 14.6 Å². The van der Waals surface area contributed by atoms with E-state index in [0.717, 1.165) is 6.42 Å². The molecule has 13 heavy (non-hydrogen) atoms. The summed E-state index contributed by atoms with van der Waals surface area (Å²) in [5.74, 6) is 0. The fourth-order valence-electron chi connectivity index (χ4n) is 1.05. The predicted molar refractivity (Wildman–Crippen MR) is 52.8 cm³/mol. The van der Waals surface area contributed by atoms with E-state index in [9.17, 15) is 0 Å². The van der Waals surface area contributed by atoms with E-state index in [0.29, 0.717) is 25.9 Å². The normalized spacial score (nSPS) is 13.2. The average molecular weight is 190 g/mol. The molecule has 0 aliphatic rings. The number of hydrogen-bond donors (Lipinski definition) is 1. The van der Waals surface area contributed by atoms with Gasteiger partial charge in [-0.05, 0) is 13.3 Å². The fraction of sp³-hybridized carbons (Fsp3) is 1.00. The molecule has 1 atom stereocenters. The number of aliphatic hydroxyl groups excluding tert-OH is 1. The van der Waals surface area contributed by atoms with Gasteiger partial charge in [0.1, 0.15) is 0 Å². The van der Waals surface area contributed by atoms with Crippen LogP contribution in [0.15, 0.2) is 0 Å². The molecule has 0 rings (SSSR count). The van der Waals surface area contributed by atoms with Crippen molar-refractivity contribution in [2.75, 3.05) is 26.4 Å². The lowest BCUT2D eigenvalue weighted by Gasteiger charge is -2.12. The monoisotopic (exact) mass is 190 g/mol. The van der Waals surface area contributed by atoms with E-state index in [-0.39, 0.29) is 6.61 Å². The van der Waals surface area contributed by atoms with E-state index in [1.165, 1.54) is 12.8 Å². The maximum Gasteiger partial charge on any atom is 0.0704 e. The van der Waals surface area contributed by atoms with Crippen LogP contribution >= 0.6 is 0 Å². The summed E-state index contributed by atoms with van der Waals surface area (Å²) in [5.41, 5.74) is 0. The molecule has 3 nitrogen and oxygen atoms in total. The Morgan fingerprint density at radius 3 is 2.62 bits per heavy atom. The first kappa shape index (κ1) is 12.9. The third-order valence-corrected chi connectivity index (χ3v) is 1.83. The van der Waals surface area contributed by atoms with Gasteiger partial charge in [0, 0.05) is 0 Å². The van der Waals surface area contributed by atoms with Crippen LogP contribution in [0.1, 0.15) is 33.1 Å². The molecule has 0 heterocycles. The van der Waals surface area contributed by atoms with Gasteiger partial charge in [-0.15, -0.1) is 0 Å². The van der Waals surface area contributed by atoms with Crippen molar-refractivity contribution in [2.45, 2.75) is 39.2 Å². The summed E-state index contributed by atoms with van der Waals surface area (Å²) in [6.07, 6.45) is 3.89. The maximum absolute atomic E-state index is 8.43. The molecule has 0 saturated heterocycles. The highest BCUT2D eigenvalue weighted by Gasteiger charge is 2.00. The second kappa shape index (κ2) is 9.96. The average Bonchev–Trinajstić information content (AvgIpc) is 2.14. The zero-order chi connectivity index (χ0) is 9.94. The largest absolute Gasteiger partial charge is 0.394 e. The van der Waals surface area contributed by atoms with Gasteiger partial charge in [0.2, 0.25) is 0 Å². The Bertz CT molecular complexity index is 96.2. The minimum atomic E-state index is 0.0887. The van der Waals surface area contributed by atoms with Crippen molar-refractivity contribution in [3.8, 4) is 0 Å². The lowest BCUT2D eigenvalue weighted by Crippen LogP contribution is -2.13. The van der Waals surface area contributed by atoms with E-state index in [1.807, 2.05) is 0 Å². The van der Waals surface area contributed by atoms with E-state index < -0.39 is 0 Å². The molecule has 1 unspecified atom stereocenters. The first-order chi connectivity index (χ1) is 6.31. The molecule has 0 aromatic rings. The Hall–Kier alpha value is -0.120. The number of hydrogen-bond acceptors (Lipinski definition) is 3. The van der Waals surface area contributed by atoms with Crippen molar-refractivity contribution in [1.82, 2.24) is 0 Å². The molecule has 0 amide bonds. The molecule has 0 aromatic heterocycles. The Labute approximate surface area is 81.0 Å². The first-order valence-corrected chi connectivity index (χ1v) is 5.11. The van der Waals surface area contributed by atoms with Gasteiger partial charge in [-0.25, -0.2) is 0 Å². The Morgan fingerprint density at radius 1 is 1.23 bits per heavy atom. The molecule has 0 spiro atoms. The molecule has 0 bridgehead atoms. The van der Waals surface area contributed by atoms with Crippen LogP contribution in [0.4, 0.5) is 0 Å². The second-order valence-electron chi connectivity index (χ2n) is 3.16. The smallest absolute Gasteiger partial charge is 0.0704 e. The van der Waals surface area contributed by atoms with Crippen LogP contribution in [-0.4, -0.2) is 37.6 Å². The Morgan fingerprint density at radius 2 is 2.00 bits per heavy atom. The van der Waals surface area contributed by atoms with E-state index in [1.54, 1.807) is 0 Å². The van der Waals surface area contributed by atoms with Gasteiger partial charge in [0.25, 0.3) is 0 Å². The predicted octanol–water partition coefficient (Wildman–Crippen LogP) is 1.59. The van der Waals surface area contributed by atoms with Gasteiger partial charge < -0.3 is 14.6 Å². The molecular weight excluding hydrogens is 168 g/mol. The molecule has 0 saturated carbocycles. The number of unbranched alkanes of at least 4 members (excludes halogenated alkanes) is 1. The summed E-state index contributed by atoms with van der Waals surface area (Å²) < 4.78 is 10.5. The van der Waals surface area contributed by atoms with Gasteiger partial charge in [0.15, 0.2) is 0 Å². The summed E-state index contributed by atoms with van der Waals surface area (Å²) in [5, 5.41) is 8.43. The highest BCUT2D eigenvalue weighted by Crippen LogP contribution is 2.03. The van der Waals surface area contributed by atoms with Crippen molar-refractivity contribution in [2.24, 2.45) is 0 Å². The van der Waals surface area contributed by atoms with Crippen LogP contribution in [0.5, 0.6) is 0 Å². The van der Waals surface area contributed by atoms with Gasteiger partial charge >= 0.3 is 0 Å². The highest BCUT2D eigenvalue weighted by molar-refractivity contribution is 4.49. The molecule has 3 heteroatoms. The Kier molecular flexibility index (Phi) is 9.87. The molecule has 0 aliphatic heterocycles. The van der Waals surface area contributed by atoms with Gasteiger partial charge in [-0.3, -0.25) is 0 Å². The zero-order valence-electron chi connectivity index (χ0n) is 8.79. The molecule has 0 aliphatic carbocycles. The summed E-state index contributed by atoms with van der Waals surface area (Å²) >= 11 is 0. The SMILES string of the molecule is CCCCC(C)OCCOCCO. The first-order valence-electron chi connectivity index (χ1n) is 5.11. The molecular formula is C10H22O3. The van der Waals surface area contributed by atoms with Crippen molar-refractivity contribution in [3.05, 3.63) is 0 Å². The van der Waals surface area contributed by atoms with Crippen LogP contribution in [-0.2, 0) is 9.47 Å². The minimum Gasteiger partial charge on any atom is -0.394 e. The van der Waals surface area contributed by atoms with Crippen molar-refractivity contribution < 1.29 is 14.6 Å². The van der Waals surface area contributed by atoms with Crippen LogP contribution < -0.4 is 0 Å². The zero-order valence-corrected chi connectivity index (χ0v) is 8.79. The van der Waals surface area contributed by atoms with Gasteiger partial charge in [-0.1, -0.05) is 19.8 Å². The Balaban J connectivity index is 3.03. The van der Waals surface area contributed by atoms with Crippen molar-refractivity contribution in [1.29, 1.82) is 0 Å². The van der Waals surface area contributed by atoms with Crippen LogP contribution in [0, 0.1) is 0 Å². The third-order valence-electron chi connectivity index (χ3n) is 1.83. The fourth-order valence-corrected chi connectivity index (χ4v) is 1.05. The van der Waals surface area contributed by atoms with Crippen LogP contribution in [0.2, 0.25) is 0 Å². The number of rotatable bonds is 9. The minimum absolute atomic E-state index is 0.0887. The van der Waals surface area contributed by atoms with E-state index >= 15 is 0 Å². The standard InChI is InChI=1S/C10H22O3/c1-3-4-5-10(2)13-9-8-12-7-6-11/h10-11H,3-9H2,1-2H3. The quantitative estimate of drug-likeness (QED) is 0.561. The van der Waals surface area contributed by atoms with E-state index in [2.05, 4.69) is 13.8 Å². The lowest BCUT2D eigenvalue weighted by atomic mass is 10.2. The van der Waals surface area contributed by atoms with Crippen LogP contribution in [0.25, 0.3) is 0 Å². The summed E-state index contributed by atoms with van der Waals surface area (Å²) in [6, 6.07) is 0. The summed E-state index contributed by atoms with van der Waals surface area (Å²) in [6.45, 7) is 5.97. The molecule has 0 aromatic carbocycles. The van der Waals surface area contributed by atoms with Crippen LogP contribution in [0.3, 0.4) is 0 Å². The number of aliphatic hydroxyl groups is 1.